The van der Waals surface area contributed by atoms with E-state index in [1.807, 2.05) is 9.80 Å². The highest BCUT2D eigenvalue weighted by Crippen LogP contribution is 2.37. The number of imide groups is 1. The summed E-state index contributed by atoms with van der Waals surface area (Å²) in [6, 6.07) is 16.2. The first-order valence-corrected chi connectivity index (χ1v) is 20.7. The lowest BCUT2D eigenvalue weighted by atomic mass is 9.78. The van der Waals surface area contributed by atoms with E-state index in [1.165, 1.54) is 16.7 Å². The van der Waals surface area contributed by atoms with Crippen molar-refractivity contribution in [2.75, 3.05) is 41.7 Å². The zero-order chi connectivity index (χ0) is 41.1. The van der Waals surface area contributed by atoms with Gasteiger partial charge in [0.25, 0.3) is 5.56 Å². The molecule has 59 heavy (non-hydrogen) atoms. The minimum atomic E-state index is -0.839. The van der Waals surface area contributed by atoms with E-state index >= 15 is 4.39 Å². The van der Waals surface area contributed by atoms with Crippen molar-refractivity contribution >= 4 is 35.0 Å². The lowest BCUT2D eigenvalue weighted by Gasteiger charge is -2.43. The number of carbonyl (C=O) groups excluding carboxylic acids is 3. The Morgan fingerprint density at radius 2 is 1.64 bits per heavy atom. The molecule has 0 bridgehead atoms. The van der Waals surface area contributed by atoms with Gasteiger partial charge in [-0.15, -0.1) is 0 Å². The molecule has 310 valence electrons. The van der Waals surface area contributed by atoms with E-state index in [0.717, 1.165) is 31.9 Å². The van der Waals surface area contributed by atoms with Crippen molar-refractivity contribution in [3.05, 3.63) is 95.0 Å². The van der Waals surface area contributed by atoms with E-state index in [0.29, 0.717) is 99.2 Å². The number of nitrogens with one attached hydrogen (secondary N) is 3. The van der Waals surface area contributed by atoms with Gasteiger partial charge in [0.2, 0.25) is 23.7 Å². The normalized spacial score (nSPS) is 22.5. The van der Waals surface area contributed by atoms with Crippen LogP contribution < -0.4 is 26.4 Å². The summed E-state index contributed by atoms with van der Waals surface area (Å²) in [5, 5.41) is 20.3. The Balaban J connectivity index is 0.776. The highest BCUT2D eigenvalue weighted by atomic mass is 19.1. The molecule has 1 atom stereocenters. The predicted octanol–water partition coefficient (Wildman–Crippen LogP) is 5.42. The number of rotatable bonds is 10. The fourth-order valence-corrected chi connectivity index (χ4v) is 9.16. The molecule has 2 aromatic carbocycles. The maximum atomic E-state index is 15.2. The summed E-state index contributed by atoms with van der Waals surface area (Å²) in [6.45, 7) is 2.37. The second kappa shape index (κ2) is 17.3. The number of benzene rings is 2. The molecule has 0 radical (unpaired) electrons. The van der Waals surface area contributed by atoms with Gasteiger partial charge >= 0.3 is 0 Å². The molecule has 1 saturated carbocycles. The molecule has 13 nitrogen and oxygen atoms in total. The first-order valence-electron chi connectivity index (χ1n) is 20.7. The van der Waals surface area contributed by atoms with Crippen molar-refractivity contribution in [1.82, 2.24) is 24.8 Å². The van der Waals surface area contributed by atoms with Gasteiger partial charge in [0.1, 0.15) is 17.6 Å². The van der Waals surface area contributed by atoms with E-state index in [2.05, 4.69) is 25.9 Å². The van der Waals surface area contributed by atoms with Crippen molar-refractivity contribution < 1.29 is 28.3 Å². The Bertz CT molecular complexity index is 2250. The number of aromatic nitrogens is 3. The number of anilines is 3. The summed E-state index contributed by atoms with van der Waals surface area (Å²) in [7, 11) is 0. The number of piperidine rings is 3. The summed E-state index contributed by atoms with van der Waals surface area (Å²) >= 11 is 0. The molecule has 1 aliphatic carbocycles. The van der Waals surface area contributed by atoms with Gasteiger partial charge in [-0.1, -0.05) is 18.2 Å². The Hall–Kier alpha value is -5.70. The third-order valence-corrected chi connectivity index (χ3v) is 12.5. The van der Waals surface area contributed by atoms with E-state index in [1.54, 1.807) is 54.7 Å². The summed E-state index contributed by atoms with van der Waals surface area (Å²) < 4.78 is 31.7. The van der Waals surface area contributed by atoms with Crippen LogP contribution in [-0.4, -0.2) is 86.1 Å². The van der Waals surface area contributed by atoms with Gasteiger partial charge in [0, 0.05) is 73.8 Å². The van der Waals surface area contributed by atoms with Crippen LogP contribution in [0.5, 0.6) is 0 Å². The Kier molecular flexibility index (Phi) is 11.7. The summed E-state index contributed by atoms with van der Waals surface area (Å²) in [5.41, 5.74) is 1.22. The van der Waals surface area contributed by atoms with Gasteiger partial charge in [0.15, 0.2) is 5.82 Å². The molecule has 1 unspecified atom stereocenters. The van der Waals surface area contributed by atoms with Crippen LogP contribution in [0.2, 0.25) is 0 Å². The van der Waals surface area contributed by atoms with Gasteiger partial charge in [-0.25, -0.2) is 18.7 Å². The molecule has 15 heteroatoms. The molecule has 8 rings (SSSR count). The first kappa shape index (κ1) is 40.1. The minimum absolute atomic E-state index is 0.0299. The van der Waals surface area contributed by atoms with Crippen LogP contribution in [0.4, 0.5) is 26.1 Å². The molecule has 2 aromatic heterocycles. The monoisotopic (exact) mass is 808 g/mol. The standard InChI is InChI=1S/C44H50F2N8O5/c45-34-25-32(48-36-12-14-38(55)50-41(36)57)11-13-37(34)52-20-15-28(16-21-52)26-44(59)17-22-53(23-18-44)42(58)29-7-9-31(10-8-29)49-43-47-27-35(46)40(51-43)30-4-3-5-33(24-30)54-19-2-1-6-39(54)56/h1-6,11,13,19,24-25,27-29,31,36,48,59H,7-10,12,14-18,20-23,26H2,(H,47,49,51)(H,50,55,57)/t29-,31-,36?. The Morgan fingerprint density at radius 3 is 2.37 bits per heavy atom. The molecular weight excluding hydrogens is 759 g/mol. The van der Waals surface area contributed by atoms with Crippen molar-refractivity contribution in [3.63, 3.8) is 0 Å². The highest BCUT2D eigenvalue weighted by Gasteiger charge is 2.39. The average Bonchev–Trinajstić information content (AvgIpc) is 3.23. The number of hydrogen-bond acceptors (Lipinski definition) is 10. The van der Waals surface area contributed by atoms with E-state index in [9.17, 15) is 28.7 Å². The molecular formula is C44H50F2N8O5. The van der Waals surface area contributed by atoms with E-state index < -0.39 is 23.4 Å². The summed E-state index contributed by atoms with van der Waals surface area (Å²) in [5.74, 6) is -1.00. The minimum Gasteiger partial charge on any atom is -0.390 e. The number of nitrogens with zero attached hydrogens (tertiary/aromatic N) is 5. The smallest absolute Gasteiger partial charge is 0.255 e. The maximum absolute atomic E-state index is 15.2. The van der Waals surface area contributed by atoms with Crippen molar-refractivity contribution in [2.45, 2.75) is 88.3 Å². The first-order chi connectivity index (χ1) is 28.5. The number of carbonyl (C=O) groups is 3. The van der Waals surface area contributed by atoms with Crippen LogP contribution >= 0.6 is 0 Å². The third kappa shape index (κ3) is 9.30. The van der Waals surface area contributed by atoms with Gasteiger partial charge < -0.3 is 25.5 Å². The third-order valence-electron chi connectivity index (χ3n) is 12.5. The molecule has 3 amide bonds. The summed E-state index contributed by atoms with van der Waals surface area (Å²) in [6.07, 6.45) is 9.67. The van der Waals surface area contributed by atoms with E-state index in [-0.39, 0.29) is 47.3 Å². The molecule has 3 aliphatic heterocycles. The van der Waals surface area contributed by atoms with Crippen LogP contribution in [-0.2, 0) is 14.4 Å². The lowest BCUT2D eigenvalue weighted by Crippen LogP contribution is -2.50. The Morgan fingerprint density at radius 1 is 0.864 bits per heavy atom. The number of likely N-dealkylation sites (tertiary alicyclic amines) is 1. The second-order valence-corrected chi connectivity index (χ2v) is 16.5. The molecule has 5 heterocycles. The highest BCUT2D eigenvalue weighted by molar-refractivity contribution is 6.01. The van der Waals surface area contributed by atoms with Crippen molar-refractivity contribution in [2.24, 2.45) is 11.8 Å². The number of hydrogen-bond donors (Lipinski definition) is 4. The number of halogens is 2. The fourth-order valence-electron chi connectivity index (χ4n) is 9.16. The number of amides is 3. The zero-order valence-corrected chi connectivity index (χ0v) is 32.9. The van der Waals surface area contributed by atoms with Gasteiger partial charge in [-0.2, -0.15) is 0 Å². The molecule has 0 spiro atoms. The topological polar surface area (TPSA) is 162 Å². The molecule has 4 aromatic rings. The van der Waals surface area contributed by atoms with Crippen molar-refractivity contribution in [1.29, 1.82) is 0 Å². The van der Waals surface area contributed by atoms with Crippen LogP contribution in [0, 0.1) is 23.5 Å². The van der Waals surface area contributed by atoms with Crippen LogP contribution in [0.3, 0.4) is 0 Å². The molecule has 4 aliphatic rings. The molecule has 4 N–H and O–H groups in total. The quantitative estimate of drug-likeness (QED) is 0.152. The van der Waals surface area contributed by atoms with Crippen LogP contribution in [0.1, 0.15) is 70.6 Å². The predicted molar refractivity (Wildman–Crippen MR) is 219 cm³/mol. The maximum Gasteiger partial charge on any atom is 0.255 e. The number of aliphatic hydroxyl groups is 1. The Labute approximate surface area is 341 Å². The lowest BCUT2D eigenvalue weighted by molar-refractivity contribution is -0.141. The van der Waals surface area contributed by atoms with Crippen molar-refractivity contribution in [3.8, 4) is 16.9 Å². The van der Waals surface area contributed by atoms with Crippen LogP contribution in [0.15, 0.2) is 77.9 Å². The van der Waals surface area contributed by atoms with E-state index in [4.69, 9.17) is 0 Å². The molecule has 4 fully saturated rings. The van der Waals surface area contributed by atoms with Gasteiger partial charge in [0.05, 0.1) is 17.5 Å². The fraction of sp³-hybridized carbons (Fsp3) is 0.455. The van der Waals surface area contributed by atoms with Crippen LogP contribution in [0.25, 0.3) is 16.9 Å². The SMILES string of the molecule is O=C1CCC(Nc2ccc(N3CCC(CC4(O)CCN(C(=O)[C@H]5CC[C@H](Nc6ncc(F)c(-c7cccc(-n8ccccc8=O)c7)n6)CC5)CC4)CC3)c(F)c2)C(=O)N1. The number of pyridine rings is 1. The average molecular weight is 809 g/mol. The largest absolute Gasteiger partial charge is 0.390 e. The zero-order valence-electron chi connectivity index (χ0n) is 32.9. The summed E-state index contributed by atoms with van der Waals surface area (Å²) in [4.78, 5) is 62.1. The van der Waals surface area contributed by atoms with Gasteiger partial charge in [-0.05, 0) is 107 Å². The van der Waals surface area contributed by atoms with Gasteiger partial charge in [-0.3, -0.25) is 29.1 Å². The second-order valence-electron chi connectivity index (χ2n) is 16.5. The molecule has 3 saturated heterocycles.